The summed E-state index contributed by atoms with van der Waals surface area (Å²) in [6, 6.07) is 0. The van der Waals surface area contributed by atoms with Crippen molar-refractivity contribution in [3.05, 3.63) is 0 Å². The third-order valence-electron chi connectivity index (χ3n) is 3.80. The third-order valence-corrected chi connectivity index (χ3v) is 3.80. The second-order valence-electron chi connectivity index (χ2n) is 5.94. The smallest absolute Gasteiger partial charge is 0.305 e. The first-order chi connectivity index (χ1) is 10.3. The molecule has 0 aliphatic carbocycles. The molecule has 126 valence electrons. The maximum Gasteiger partial charge on any atom is 0.305 e. The van der Waals surface area contributed by atoms with Crippen molar-refractivity contribution in [3.8, 4) is 0 Å². The van der Waals surface area contributed by atoms with E-state index >= 15 is 0 Å². The van der Waals surface area contributed by atoms with E-state index < -0.39 is 0 Å². The summed E-state index contributed by atoms with van der Waals surface area (Å²) < 4.78 is 5.13. The molecular weight excluding hydrogens is 264 g/mol. The molecule has 0 aromatic rings. The molecule has 3 heteroatoms. The zero-order chi connectivity index (χ0) is 15.6. The van der Waals surface area contributed by atoms with Gasteiger partial charge in [0.05, 0.1) is 6.61 Å². The fourth-order valence-electron chi connectivity index (χ4n) is 2.37. The Morgan fingerprint density at radius 3 is 1.71 bits per heavy atom. The molecular formula is C18H36O3. The minimum absolute atomic E-state index is 0.0219. The number of hydrogen-bond donors (Lipinski definition) is 1. The number of hydrogen-bond acceptors (Lipinski definition) is 3. The molecule has 0 unspecified atom stereocenters. The second-order valence-corrected chi connectivity index (χ2v) is 5.94. The maximum absolute atomic E-state index is 11.4. The Kier molecular flexibility index (Phi) is 17.0. The summed E-state index contributed by atoms with van der Waals surface area (Å²) >= 11 is 0. The van der Waals surface area contributed by atoms with Crippen LogP contribution in [0, 0.1) is 0 Å². The van der Waals surface area contributed by atoms with Crippen LogP contribution in [0.15, 0.2) is 0 Å². The zero-order valence-corrected chi connectivity index (χ0v) is 14.1. The maximum atomic E-state index is 11.4. The van der Waals surface area contributed by atoms with Crippen LogP contribution in [0.1, 0.15) is 96.8 Å². The largest absolute Gasteiger partial charge is 0.466 e. The van der Waals surface area contributed by atoms with Gasteiger partial charge in [0.15, 0.2) is 0 Å². The summed E-state index contributed by atoms with van der Waals surface area (Å²) in [5, 5.41) is 8.67. The van der Waals surface area contributed by atoms with Crippen molar-refractivity contribution in [1.29, 1.82) is 0 Å². The minimum Gasteiger partial charge on any atom is -0.466 e. The van der Waals surface area contributed by atoms with Gasteiger partial charge in [-0.15, -0.1) is 0 Å². The van der Waals surface area contributed by atoms with Crippen LogP contribution in [0.5, 0.6) is 0 Å². The van der Waals surface area contributed by atoms with Gasteiger partial charge >= 0.3 is 5.97 Å². The van der Waals surface area contributed by atoms with Crippen LogP contribution in [0.4, 0.5) is 0 Å². The van der Waals surface area contributed by atoms with Crippen molar-refractivity contribution in [2.24, 2.45) is 0 Å². The standard InChI is InChI=1S/C18H36O3/c1-2-3-17-21-18(20)15-13-11-9-7-5-4-6-8-10-12-14-16-19/h19H,2-17H2,1H3. The zero-order valence-electron chi connectivity index (χ0n) is 14.1. The molecule has 0 aromatic heterocycles. The lowest BCUT2D eigenvalue weighted by atomic mass is 10.1. The molecule has 21 heavy (non-hydrogen) atoms. The first-order valence-electron chi connectivity index (χ1n) is 9.07. The normalized spacial score (nSPS) is 10.8. The van der Waals surface area contributed by atoms with Crippen molar-refractivity contribution in [1.82, 2.24) is 0 Å². The highest BCUT2D eigenvalue weighted by atomic mass is 16.5. The fraction of sp³-hybridized carbons (Fsp3) is 0.944. The van der Waals surface area contributed by atoms with Gasteiger partial charge in [-0.2, -0.15) is 0 Å². The number of aliphatic hydroxyl groups excluding tert-OH is 1. The Labute approximate surface area is 131 Å². The molecule has 0 amide bonds. The average molecular weight is 300 g/mol. The van der Waals surface area contributed by atoms with E-state index in [2.05, 4.69) is 6.92 Å². The molecule has 0 atom stereocenters. The highest BCUT2D eigenvalue weighted by Crippen LogP contribution is 2.12. The highest BCUT2D eigenvalue weighted by Gasteiger charge is 2.01. The summed E-state index contributed by atoms with van der Waals surface area (Å²) in [6.07, 6.45) is 16.0. The molecule has 3 nitrogen and oxygen atoms in total. The van der Waals surface area contributed by atoms with Gasteiger partial charge in [0, 0.05) is 13.0 Å². The molecule has 0 aliphatic heterocycles. The van der Waals surface area contributed by atoms with Gasteiger partial charge in [-0.05, 0) is 19.3 Å². The molecule has 0 heterocycles. The molecule has 0 spiro atoms. The Bertz CT molecular complexity index is 217. The number of unbranched alkanes of at least 4 members (excludes halogenated alkanes) is 11. The molecule has 1 N–H and O–H groups in total. The van der Waals surface area contributed by atoms with Crippen LogP contribution in [0.3, 0.4) is 0 Å². The Balaban J connectivity index is 3.06. The molecule has 0 saturated heterocycles. The molecule has 0 saturated carbocycles. The quantitative estimate of drug-likeness (QED) is 0.322. The van der Waals surface area contributed by atoms with Gasteiger partial charge in [0.1, 0.15) is 0 Å². The molecule has 0 aromatic carbocycles. The third kappa shape index (κ3) is 17.4. The van der Waals surface area contributed by atoms with Crippen LogP contribution >= 0.6 is 0 Å². The summed E-state index contributed by atoms with van der Waals surface area (Å²) in [5.41, 5.74) is 0. The number of rotatable bonds is 16. The van der Waals surface area contributed by atoms with Gasteiger partial charge < -0.3 is 9.84 Å². The summed E-state index contributed by atoms with van der Waals surface area (Å²) in [6.45, 7) is 3.03. The van der Waals surface area contributed by atoms with Crippen molar-refractivity contribution in [3.63, 3.8) is 0 Å². The van der Waals surface area contributed by atoms with Crippen LogP contribution < -0.4 is 0 Å². The van der Waals surface area contributed by atoms with E-state index in [-0.39, 0.29) is 5.97 Å². The van der Waals surface area contributed by atoms with Gasteiger partial charge in [-0.25, -0.2) is 0 Å². The van der Waals surface area contributed by atoms with Crippen LogP contribution in [0.25, 0.3) is 0 Å². The van der Waals surface area contributed by atoms with E-state index in [9.17, 15) is 4.79 Å². The first kappa shape index (κ1) is 20.4. The first-order valence-corrected chi connectivity index (χ1v) is 9.07. The molecule has 0 fully saturated rings. The van der Waals surface area contributed by atoms with Crippen molar-refractivity contribution in [2.75, 3.05) is 13.2 Å². The van der Waals surface area contributed by atoms with E-state index in [4.69, 9.17) is 9.84 Å². The number of ether oxygens (including phenoxy) is 1. The number of carbonyl (C=O) groups excluding carboxylic acids is 1. The Morgan fingerprint density at radius 2 is 1.24 bits per heavy atom. The van der Waals surface area contributed by atoms with E-state index in [1.807, 2.05) is 0 Å². The van der Waals surface area contributed by atoms with Gasteiger partial charge in [0.2, 0.25) is 0 Å². The predicted octanol–water partition coefficient (Wildman–Crippen LogP) is 5.00. The van der Waals surface area contributed by atoms with Crippen molar-refractivity contribution in [2.45, 2.75) is 96.8 Å². The summed E-state index contributed by atoms with van der Waals surface area (Å²) in [7, 11) is 0. The monoisotopic (exact) mass is 300 g/mol. The van der Waals surface area contributed by atoms with Crippen LogP contribution in [-0.4, -0.2) is 24.3 Å². The fourth-order valence-corrected chi connectivity index (χ4v) is 2.37. The number of esters is 1. The topological polar surface area (TPSA) is 46.5 Å². The number of carbonyl (C=O) groups is 1. The van der Waals surface area contributed by atoms with E-state index in [0.29, 0.717) is 19.6 Å². The van der Waals surface area contributed by atoms with E-state index in [1.54, 1.807) is 0 Å². The molecule has 0 bridgehead atoms. The van der Waals surface area contributed by atoms with Crippen LogP contribution in [0.2, 0.25) is 0 Å². The van der Waals surface area contributed by atoms with Crippen molar-refractivity contribution < 1.29 is 14.6 Å². The lowest BCUT2D eigenvalue weighted by Gasteiger charge is -2.04. The van der Waals surface area contributed by atoms with E-state index in [1.165, 1.54) is 51.4 Å². The molecule has 0 rings (SSSR count). The lowest BCUT2D eigenvalue weighted by Crippen LogP contribution is -2.05. The van der Waals surface area contributed by atoms with Gasteiger partial charge in [-0.1, -0.05) is 71.1 Å². The Hall–Kier alpha value is -0.570. The lowest BCUT2D eigenvalue weighted by molar-refractivity contribution is -0.143. The Morgan fingerprint density at radius 1 is 0.762 bits per heavy atom. The highest BCUT2D eigenvalue weighted by molar-refractivity contribution is 5.69. The van der Waals surface area contributed by atoms with E-state index in [0.717, 1.165) is 32.1 Å². The number of aliphatic hydroxyl groups is 1. The second kappa shape index (κ2) is 17.5. The minimum atomic E-state index is -0.0219. The van der Waals surface area contributed by atoms with Crippen molar-refractivity contribution >= 4 is 5.97 Å². The van der Waals surface area contributed by atoms with Crippen LogP contribution in [-0.2, 0) is 9.53 Å². The van der Waals surface area contributed by atoms with Gasteiger partial charge in [-0.3, -0.25) is 4.79 Å². The summed E-state index contributed by atoms with van der Waals surface area (Å²) in [4.78, 5) is 11.4. The average Bonchev–Trinajstić information content (AvgIpc) is 2.48. The predicted molar refractivity (Wildman–Crippen MR) is 88.4 cm³/mol. The molecule has 0 radical (unpaired) electrons. The molecule has 0 aliphatic rings. The SMILES string of the molecule is CCCCOC(=O)CCCCCCCCCCCCCO. The van der Waals surface area contributed by atoms with Gasteiger partial charge in [0.25, 0.3) is 0 Å². The summed E-state index contributed by atoms with van der Waals surface area (Å²) in [5.74, 6) is -0.0219.